The van der Waals surface area contributed by atoms with Crippen molar-refractivity contribution in [1.29, 1.82) is 0 Å². The van der Waals surface area contributed by atoms with Gasteiger partial charge >= 0.3 is 0 Å². The monoisotopic (exact) mass is 236 g/mol. The minimum atomic E-state index is 0.594. The van der Waals surface area contributed by atoms with Crippen LogP contribution in [0, 0.1) is 12.5 Å². The normalized spacial score (nSPS) is 10.2. The third-order valence-electron chi connectivity index (χ3n) is 2.55. The zero-order valence-corrected chi connectivity index (χ0v) is 9.32. The van der Waals surface area contributed by atoms with E-state index in [1.165, 1.54) is 0 Å². The average molecular weight is 236 g/mol. The largest absolute Gasteiger partial charge is 0.406 e. The van der Waals surface area contributed by atoms with Crippen molar-refractivity contribution in [3.05, 3.63) is 43.0 Å². The predicted molar refractivity (Wildman–Crippen MR) is 66.1 cm³/mol. The predicted octanol–water partition coefficient (Wildman–Crippen LogP) is 1.78. The topological polar surface area (TPSA) is 52.8 Å². The Kier molecular flexibility index (Phi) is 2.39. The van der Waals surface area contributed by atoms with Crippen molar-refractivity contribution >= 4 is 11.0 Å². The van der Waals surface area contributed by atoms with Gasteiger partial charge in [0.25, 0.3) is 0 Å². The Morgan fingerprint density at radius 3 is 2.89 bits per heavy atom. The average Bonchev–Trinajstić information content (AvgIpc) is 2.84. The molecule has 0 spiro atoms. The van der Waals surface area contributed by atoms with Crippen LogP contribution in [-0.4, -0.2) is 19.7 Å². The van der Waals surface area contributed by atoms with E-state index in [-0.39, 0.29) is 0 Å². The second kappa shape index (κ2) is 4.18. The van der Waals surface area contributed by atoms with Crippen molar-refractivity contribution < 1.29 is 4.74 Å². The number of hydrogen-bond acceptors (Lipinski definition) is 4. The highest BCUT2D eigenvalue weighted by atomic mass is 16.5. The molecule has 2 aromatic heterocycles. The van der Waals surface area contributed by atoms with Gasteiger partial charge in [-0.2, -0.15) is 10.2 Å². The quantitative estimate of drug-likeness (QED) is 0.636. The fraction of sp³-hybridized carbons (Fsp3) is 0. The smallest absolute Gasteiger partial charge is 0.164 e. The van der Waals surface area contributed by atoms with Crippen LogP contribution < -0.4 is 4.74 Å². The summed E-state index contributed by atoms with van der Waals surface area (Å²) in [5.41, 5.74) is 2.42. The molecule has 2 heterocycles. The molecule has 0 aliphatic heterocycles. The lowest BCUT2D eigenvalue weighted by atomic mass is 10.3. The van der Waals surface area contributed by atoms with Gasteiger partial charge in [-0.3, -0.25) is 4.57 Å². The van der Waals surface area contributed by atoms with Gasteiger partial charge in [-0.1, -0.05) is 18.6 Å². The molecule has 0 saturated carbocycles. The van der Waals surface area contributed by atoms with Gasteiger partial charge in [0, 0.05) is 0 Å². The molecule has 0 atom stereocenters. The second-order valence-electron chi connectivity index (χ2n) is 3.56. The Labute approximate surface area is 103 Å². The Morgan fingerprint density at radius 1 is 1.17 bits per heavy atom. The molecule has 0 N–H and O–H groups in total. The van der Waals surface area contributed by atoms with Gasteiger partial charge in [0.15, 0.2) is 5.75 Å². The zero-order chi connectivity index (χ0) is 12.4. The maximum absolute atomic E-state index is 5.18. The van der Waals surface area contributed by atoms with Crippen molar-refractivity contribution in [2.75, 3.05) is 0 Å². The molecule has 0 fully saturated rings. The van der Waals surface area contributed by atoms with Crippen molar-refractivity contribution in [2.45, 2.75) is 0 Å². The van der Waals surface area contributed by atoms with Crippen LogP contribution in [0.5, 0.6) is 5.75 Å². The fourth-order valence-electron chi connectivity index (χ4n) is 1.77. The van der Waals surface area contributed by atoms with Crippen LogP contribution in [0.3, 0.4) is 0 Å². The van der Waals surface area contributed by atoms with Crippen molar-refractivity contribution in [2.24, 2.45) is 0 Å². The van der Waals surface area contributed by atoms with E-state index in [1.807, 2.05) is 22.8 Å². The van der Waals surface area contributed by atoms with Crippen LogP contribution in [0.4, 0.5) is 0 Å². The fourth-order valence-corrected chi connectivity index (χ4v) is 1.77. The van der Waals surface area contributed by atoms with Crippen LogP contribution in [-0.2, 0) is 0 Å². The van der Waals surface area contributed by atoms with E-state index in [4.69, 9.17) is 11.2 Å². The van der Waals surface area contributed by atoms with E-state index < -0.39 is 0 Å². The summed E-state index contributed by atoms with van der Waals surface area (Å²) in [6, 6.07) is 7.46. The van der Waals surface area contributed by atoms with Crippen molar-refractivity contribution in [1.82, 2.24) is 19.7 Å². The molecule has 3 rings (SSSR count). The molecule has 0 unspecified atom stereocenters. The van der Waals surface area contributed by atoms with E-state index in [0.29, 0.717) is 5.75 Å². The molecule has 1 aromatic carbocycles. The SMILES string of the molecule is C#COc1ccccc1-n1cnc2cnncc21. The Morgan fingerprint density at radius 2 is 2.00 bits per heavy atom. The number of aromatic nitrogens is 4. The van der Waals surface area contributed by atoms with Gasteiger partial charge in [0.05, 0.1) is 23.6 Å². The van der Waals surface area contributed by atoms with Crippen LogP contribution in [0.15, 0.2) is 43.0 Å². The van der Waals surface area contributed by atoms with Crippen molar-refractivity contribution in [3.63, 3.8) is 0 Å². The van der Waals surface area contributed by atoms with Crippen LogP contribution in [0.2, 0.25) is 0 Å². The van der Waals surface area contributed by atoms with E-state index in [0.717, 1.165) is 16.7 Å². The molecular formula is C13H8N4O. The van der Waals surface area contributed by atoms with Crippen LogP contribution in [0.1, 0.15) is 0 Å². The molecule has 5 nitrogen and oxygen atoms in total. The van der Waals surface area contributed by atoms with Gasteiger partial charge < -0.3 is 4.74 Å². The summed E-state index contributed by atoms with van der Waals surface area (Å²) in [5.74, 6) is 0.594. The van der Waals surface area contributed by atoms with E-state index in [2.05, 4.69) is 21.3 Å². The van der Waals surface area contributed by atoms with Gasteiger partial charge in [-0.25, -0.2) is 4.98 Å². The van der Waals surface area contributed by atoms with Crippen LogP contribution in [0.25, 0.3) is 16.7 Å². The number of fused-ring (bicyclic) bond motifs is 1. The molecule has 0 bridgehead atoms. The first-order valence-electron chi connectivity index (χ1n) is 5.26. The minimum absolute atomic E-state index is 0.594. The summed E-state index contributed by atoms with van der Waals surface area (Å²) in [6.45, 7) is 0. The second-order valence-corrected chi connectivity index (χ2v) is 3.56. The van der Waals surface area contributed by atoms with Gasteiger partial charge in [-0.15, -0.1) is 0 Å². The molecule has 0 aliphatic rings. The first-order valence-corrected chi connectivity index (χ1v) is 5.26. The lowest BCUT2D eigenvalue weighted by molar-refractivity contribution is 0.518. The first-order chi connectivity index (χ1) is 8.90. The molecule has 3 aromatic rings. The summed E-state index contributed by atoms with van der Waals surface area (Å²) in [6.07, 6.45) is 12.3. The minimum Gasteiger partial charge on any atom is -0.406 e. The number of terminal acetylenes is 1. The molecule has 0 radical (unpaired) electrons. The number of hydrogen-bond donors (Lipinski definition) is 0. The molecular weight excluding hydrogens is 228 g/mol. The molecule has 0 saturated heterocycles. The third kappa shape index (κ3) is 1.57. The highest BCUT2D eigenvalue weighted by Gasteiger charge is 2.09. The summed E-state index contributed by atoms with van der Waals surface area (Å²) < 4.78 is 7.01. The zero-order valence-electron chi connectivity index (χ0n) is 9.32. The number of nitrogens with zero attached hydrogens (tertiary/aromatic N) is 4. The maximum atomic E-state index is 5.18. The Balaban J connectivity index is 2.24. The summed E-state index contributed by atoms with van der Waals surface area (Å²) in [5, 5.41) is 7.64. The Hall–Kier alpha value is -2.87. The molecule has 86 valence electrons. The molecule has 18 heavy (non-hydrogen) atoms. The number of rotatable bonds is 2. The van der Waals surface area contributed by atoms with Gasteiger partial charge in [0.1, 0.15) is 18.0 Å². The van der Waals surface area contributed by atoms with Gasteiger partial charge in [-0.05, 0) is 12.1 Å². The molecule has 0 aliphatic carbocycles. The highest BCUT2D eigenvalue weighted by molar-refractivity contribution is 5.76. The number of ether oxygens (including phenoxy) is 1. The summed E-state index contributed by atoms with van der Waals surface area (Å²) >= 11 is 0. The number of imidazole rings is 1. The van der Waals surface area contributed by atoms with E-state index in [9.17, 15) is 0 Å². The number of para-hydroxylation sites is 2. The molecule has 0 amide bonds. The summed E-state index contributed by atoms with van der Waals surface area (Å²) in [7, 11) is 0. The number of benzene rings is 1. The maximum Gasteiger partial charge on any atom is 0.164 e. The standard InChI is InChI=1S/C13H8N4O/c1-2-18-13-6-4-3-5-11(13)17-9-14-10-7-15-16-8-12(10)17/h1,3-9H. The van der Waals surface area contributed by atoms with Crippen molar-refractivity contribution in [3.8, 4) is 24.0 Å². The first kappa shape index (κ1) is 10.3. The highest BCUT2D eigenvalue weighted by Crippen LogP contribution is 2.25. The lowest BCUT2D eigenvalue weighted by Gasteiger charge is -2.07. The Bertz CT molecular complexity index is 742. The van der Waals surface area contributed by atoms with E-state index >= 15 is 0 Å². The lowest BCUT2D eigenvalue weighted by Crippen LogP contribution is -1.96. The van der Waals surface area contributed by atoms with Crippen LogP contribution >= 0.6 is 0 Å². The van der Waals surface area contributed by atoms with E-state index in [1.54, 1.807) is 24.8 Å². The van der Waals surface area contributed by atoms with Gasteiger partial charge in [0.2, 0.25) is 0 Å². The molecule has 5 heteroatoms. The third-order valence-corrected chi connectivity index (χ3v) is 2.55. The summed E-state index contributed by atoms with van der Waals surface area (Å²) in [4.78, 5) is 4.25.